The molecule has 0 atom stereocenters. The van der Waals surface area contributed by atoms with Gasteiger partial charge in [0.15, 0.2) is 25.5 Å². The molecule has 0 unspecified atom stereocenters. The average molecular weight is 808 g/mol. The van der Waals surface area contributed by atoms with Crippen molar-refractivity contribution < 1.29 is 4.42 Å². The summed E-state index contributed by atoms with van der Waals surface area (Å²) in [7, 11) is -2.89. The van der Waals surface area contributed by atoms with E-state index in [-0.39, 0.29) is 0 Å². The van der Waals surface area contributed by atoms with E-state index < -0.39 is 8.07 Å². The van der Waals surface area contributed by atoms with Crippen molar-refractivity contribution in [3.63, 3.8) is 0 Å². The minimum Gasteiger partial charge on any atom is -0.456 e. The van der Waals surface area contributed by atoms with Crippen molar-refractivity contribution in [2.75, 3.05) is 0 Å². The Labute approximate surface area is 360 Å². The second kappa shape index (κ2) is 14.6. The predicted octanol–water partition coefficient (Wildman–Crippen LogP) is 11.5. The Balaban J connectivity index is 1.18. The third-order valence-corrected chi connectivity index (χ3v) is 17.3. The van der Waals surface area contributed by atoms with E-state index in [9.17, 15) is 0 Å². The number of fused-ring (bicyclic) bond motifs is 6. The van der Waals surface area contributed by atoms with Crippen LogP contribution >= 0.6 is 0 Å². The van der Waals surface area contributed by atoms with Gasteiger partial charge in [0.2, 0.25) is 0 Å². The van der Waals surface area contributed by atoms with Crippen LogP contribution in [0.3, 0.4) is 0 Å². The zero-order chi connectivity index (χ0) is 41.0. The first-order valence-corrected chi connectivity index (χ1v) is 23.0. The SMILES string of the molecule is c1ccc(-c2nc(-c3cc(-c4ccccc4)c4c(c3)[Si](c3ccccc3)(c3ccccc3)c3ccccc3-4)nc(-c3cc4oc5ccccc5c4cc3-c3ccccc3)n2)cc1. The Morgan fingerprint density at radius 3 is 1.48 bits per heavy atom. The highest BCUT2D eigenvalue weighted by molar-refractivity contribution is 7.22. The Morgan fingerprint density at radius 2 is 0.823 bits per heavy atom. The molecule has 2 aromatic heterocycles. The van der Waals surface area contributed by atoms with Crippen molar-refractivity contribution in [2.24, 2.45) is 0 Å². The van der Waals surface area contributed by atoms with E-state index >= 15 is 0 Å². The van der Waals surface area contributed by atoms with Gasteiger partial charge in [0.25, 0.3) is 0 Å². The summed E-state index contributed by atoms with van der Waals surface area (Å²) in [5.74, 6) is 1.79. The molecule has 62 heavy (non-hydrogen) atoms. The van der Waals surface area contributed by atoms with Gasteiger partial charge in [-0.25, -0.2) is 15.0 Å². The average Bonchev–Trinajstić information content (AvgIpc) is 3.88. The highest BCUT2D eigenvalue weighted by Crippen LogP contribution is 2.42. The lowest BCUT2D eigenvalue weighted by molar-refractivity contribution is 0.669. The van der Waals surface area contributed by atoms with Crippen molar-refractivity contribution in [1.29, 1.82) is 0 Å². The molecule has 1 aliphatic heterocycles. The van der Waals surface area contributed by atoms with Gasteiger partial charge in [0, 0.05) is 27.5 Å². The lowest BCUT2D eigenvalue weighted by Crippen LogP contribution is -2.72. The number of aromatic nitrogens is 3. The van der Waals surface area contributed by atoms with Crippen LogP contribution in [0.4, 0.5) is 0 Å². The third kappa shape index (κ3) is 5.70. The summed E-state index contributed by atoms with van der Waals surface area (Å²) in [6.45, 7) is 0. The Kier molecular flexibility index (Phi) is 8.47. The summed E-state index contributed by atoms with van der Waals surface area (Å²) in [5.41, 5.74) is 11.3. The molecule has 0 radical (unpaired) electrons. The standard InChI is InChI=1S/C57H37N3OSi/c1-6-20-38(21-7-1)46-36-48-44-30-16-18-32-50(44)61-51(48)37-49(46)57-59-55(40-24-10-3-11-25-40)58-56(60-57)41-34-47(39-22-8-2-9-23-39)54-45-31-17-19-33-52(45)62(53(54)35-41,42-26-12-4-13-27-42)43-28-14-5-15-29-43/h1-37H. The van der Waals surface area contributed by atoms with Gasteiger partial charge in [-0.15, -0.1) is 0 Å². The second-order valence-corrected chi connectivity index (χ2v) is 19.6. The van der Waals surface area contributed by atoms with Gasteiger partial charge in [0.05, 0.1) is 0 Å². The maximum absolute atomic E-state index is 6.52. The van der Waals surface area contributed by atoms with Crippen molar-refractivity contribution in [3.05, 3.63) is 224 Å². The fraction of sp³-hybridized carbons (Fsp3) is 0. The zero-order valence-electron chi connectivity index (χ0n) is 33.6. The van der Waals surface area contributed by atoms with Crippen LogP contribution in [0.1, 0.15) is 0 Å². The van der Waals surface area contributed by atoms with Gasteiger partial charge < -0.3 is 4.42 Å². The van der Waals surface area contributed by atoms with E-state index in [0.29, 0.717) is 17.5 Å². The summed E-state index contributed by atoms with van der Waals surface area (Å²) in [6.07, 6.45) is 0. The molecule has 5 heteroatoms. The minimum atomic E-state index is -2.89. The Bertz CT molecular complexity index is 3410. The molecule has 0 spiro atoms. The molecule has 9 aromatic carbocycles. The van der Waals surface area contributed by atoms with E-state index in [1.807, 2.05) is 36.4 Å². The Morgan fingerprint density at radius 1 is 0.306 bits per heavy atom. The number of nitrogens with zero attached hydrogens (tertiary/aromatic N) is 3. The molecule has 0 fully saturated rings. The van der Waals surface area contributed by atoms with Crippen LogP contribution in [-0.4, -0.2) is 23.0 Å². The van der Waals surface area contributed by atoms with E-state index in [2.05, 4.69) is 188 Å². The van der Waals surface area contributed by atoms with Gasteiger partial charge in [-0.05, 0) is 78.4 Å². The largest absolute Gasteiger partial charge is 0.456 e. The normalized spacial score (nSPS) is 12.6. The third-order valence-electron chi connectivity index (χ3n) is 12.4. The van der Waals surface area contributed by atoms with Gasteiger partial charge in [0.1, 0.15) is 11.2 Å². The lowest BCUT2D eigenvalue weighted by atomic mass is 9.92. The molecule has 12 rings (SSSR count). The predicted molar refractivity (Wildman–Crippen MR) is 257 cm³/mol. The van der Waals surface area contributed by atoms with E-state index in [1.54, 1.807) is 0 Å². The van der Waals surface area contributed by atoms with E-state index in [4.69, 9.17) is 19.4 Å². The quantitative estimate of drug-likeness (QED) is 0.151. The van der Waals surface area contributed by atoms with Crippen molar-refractivity contribution in [2.45, 2.75) is 0 Å². The van der Waals surface area contributed by atoms with E-state index in [1.165, 1.54) is 31.9 Å². The number of furan rings is 1. The molecule has 0 N–H and O–H groups in total. The number of rotatable bonds is 7. The van der Waals surface area contributed by atoms with Crippen molar-refractivity contribution in [3.8, 4) is 67.5 Å². The molecule has 0 amide bonds. The number of para-hydroxylation sites is 1. The van der Waals surface area contributed by atoms with Crippen LogP contribution in [0.2, 0.25) is 0 Å². The van der Waals surface area contributed by atoms with Gasteiger partial charge in [-0.2, -0.15) is 0 Å². The lowest BCUT2D eigenvalue weighted by Gasteiger charge is -2.31. The molecule has 0 aliphatic carbocycles. The second-order valence-electron chi connectivity index (χ2n) is 15.9. The molecular weight excluding hydrogens is 771 g/mol. The zero-order valence-corrected chi connectivity index (χ0v) is 34.6. The number of benzene rings is 9. The maximum Gasteiger partial charge on any atom is 0.180 e. The van der Waals surface area contributed by atoms with E-state index in [0.717, 1.165) is 60.9 Å². The Hall–Kier alpha value is -7.99. The van der Waals surface area contributed by atoms with Gasteiger partial charge in [-0.3, -0.25) is 0 Å². The molecule has 4 nitrogen and oxygen atoms in total. The fourth-order valence-electron chi connectivity index (χ4n) is 9.70. The molecule has 11 aromatic rings. The van der Waals surface area contributed by atoms with Gasteiger partial charge >= 0.3 is 0 Å². The van der Waals surface area contributed by atoms with Crippen LogP contribution in [-0.2, 0) is 0 Å². The summed E-state index contributed by atoms with van der Waals surface area (Å²) < 4.78 is 6.52. The van der Waals surface area contributed by atoms with Crippen molar-refractivity contribution in [1.82, 2.24) is 15.0 Å². The summed E-state index contributed by atoms with van der Waals surface area (Å²) in [4.78, 5) is 16.2. The number of hydrogen-bond acceptors (Lipinski definition) is 4. The number of hydrogen-bond donors (Lipinski definition) is 0. The molecular formula is C57H37N3OSi. The first-order chi connectivity index (χ1) is 30.7. The molecule has 3 heterocycles. The molecule has 0 saturated heterocycles. The molecule has 0 saturated carbocycles. The fourth-order valence-corrected chi connectivity index (χ4v) is 14.9. The summed E-state index contributed by atoms with van der Waals surface area (Å²) >= 11 is 0. The smallest absolute Gasteiger partial charge is 0.180 e. The topological polar surface area (TPSA) is 51.8 Å². The summed E-state index contributed by atoms with van der Waals surface area (Å²) in [6, 6.07) is 80.1. The van der Waals surface area contributed by atoms with Crippen LogP contribution in [0.15, 0.2) is 229 Å². The van der Waals surface area contributed by atoms with Gasteiger partial charge in [-0.1, -0.05) is 200 Å². The first-order valence-electron chi connectivity index (χ1n) is 21.0. The van der Waals surface area contributed by atoms with Crippen LogP contribution in [0.5, 0.6) is 0 Å². The highest BCUT2D eigenvalue weighted by atomic mass is 28.3. The maximum atomic E-state index is 6.52. The highest BCUT2D eigenvalue weighted by Gasteiger charge is 2.49. The van der Waals surface area contributed by atoms with Crippen molar-refractivity contribution >= 4 is 50.8 Å². The first kappa shape index (κ1) is 35.9. The molecule has 0 bridgehead atoms. The summed E-state index contributed by atoms with van der Waals surface area (Å²) in [5, 5.41) is 7.50. The molecule has 1 aliphatic rings. The minimum absolute atomic E-state index is 0.578. The van der Waals surface area contributed by atoms with Crippen LogP contribution in [0, 0.1) is 0 Å². The monoisotopic (exact) mass is 807 g/mol. The van der Waals surface area contributed by atoms with Crippen LogP contribution in [0.25, 0.3) is 89.5 Å². The molecule has 290 valence electrons. The van der Waals surface area contributed by atoms with Crippen LogP contribution < -0.4 is 20.7 Å².